The molecular formula is C24H18Cl2N2O3S. The van der Waals surface area contributed by atoms with E-state index in [0.717, 1.165) is 5.56 Å². The summed E-state index contributed by atoms with van der Waals surface area (Å²) < 4.78 is 6.95. The Hall–Kier alpha value is -2.93. The zero-order valence-corrected chi connectivity index (χ0v) is 19.5. The molecule has 8 heteroatoms. The zero-order chi connectivity index (χ0) is 22.8. The van der Waals surface area contributed by atoms with Gasteiger partial charge >= 0.3 is 5.97 Å². The first-order chi connectivity index (χ1) is 15.4. The van der Waals surface area contributed by atoms with E-state index in [4.69, 9.17) is 27.9 Å². The van der Waals surface area contributed by atoms with Crippen molar-refractivity contribution >= 4 is 52.7 Å². The summed E-state index contributed by atoms with van der Waals surface area (Å²) in [7, 11) is 1.31. The lowest BCUT2D eigenvalue weighted by molar-refractivity contribution is -0.136. The minimum absolute atomic E-state index is 0.267. The Morgan fingerprint density at radius 2 is 1.94 bits per heavy atom. The van der Waals surface area contributed by atoms with Gasteiger partial charge in [0.15, 0.2) is 4.80 Å². The van der Waals surface area contributed by atoms with Gasteiger partial charge in [0.05, 0.1) is 29.0 Å². The van der Waals surface area contributed by atoms with E-state index in [-0.39, 0.29) is 5.56 Å². The third-order valence-corrected chi connectivity index (χ3v) is 6.53. The first-order valence-corrected chi connectivity index (χ1v) is 11.3. The average Bonchev–Trinajstić information content (AvgIpc) is 3.08. The predicted octanol–water partition coefficient (Wildman–Crippen LogP) is 4.38. The molecule has 0 amide bonds. The van der Waals surface area contributed by atoms with E-state index in [1.807, 2.05) is 42.5 Å². The van der Waals surface area contributed by atoms with Crippen molar-refractivity contribution in [1.82, 2.24) is 4.57 Å². The first-order valence-electron chi connectivity index (χ1n) is 9.68. The summed E-state index contributed by atoms with van der Waals surface area (Å²) in [5, 5.41) is 0.952. The fraction of sp³-hybridized carbons (Fsp3) is 0.125. The predicted molar refractivity (Wildman–Crippen MR) is 129 cm³/mol. The van der Waals surface area contributed by atoms with Gasteiger partial charge < -0.3 is 4.74 Å². The van der Waals surface area contributed by atoms with Gasteiger partial charge in [-0.25, -0.2) is 9.79 Å². The number of benzene rings is 2. The molecule has 3 aromatic rings. The maximum absolute atomic E-state index is 13.4. The van der Waals surface area contributed by atoms with Crippen LogP contribution in [0.3, 0.4) is 0 Å². The van der Waals surface area contributed by atoms with Gasteiger partial charge in [0, 0.05) is 10.0 Å². The summed E-state index contributed by atoms with van der Waals surface area (Å²) in [6, 6.07) is 14.1. The van der Waals surface area contributed by atoms with E-state index in [1.54, 1.807) is 31.2 Å². The molecule has 4 rings (SSSR count). The fourth-order valence-electron chi connectivity index (χ4n) is 3.44. The number of esters is 1. The summed E-state index contributed by atoms with van der Waals surface area (Å²) in [4.78, 5) is 31.0. The van der Waals surface area contributed by atoms with Gasteiger partial charge in [0.25, 0.3) is 5.56 Å². The molecule has 2 aromatic carbocycles. The Bertz CT molecular complexity index is 1440. The molecule has 0 spiro atoms. The van der Waals surface area contributed by atoms with Crippen LogP contribution in [-0.2, 0) is 9.53 Å². The molecule has 0 fully saturated rings. The van der Waals surface area contributed by atoms with E-state index >= 15 is 0 Å². The number of carbonyl (C=O) groups is 1. The van der Waals surface area contributed by atoms with Crippen LogP contribution >= 0.6 is 34.5 Å². The first kappa shape index (κ1) is 22.3. The monoisotopic (exact) mass is 484 g/mol. The molecule has 32 heavy (non-hydrogen) atoms. The maximum atomic E-state index is 13.4. The lowest BCUT2D eigenvalue weighted by Gasteiger charge is -2.21. The van der Waals surface area contributed by atoms with Crippen LogP contribution in [0.4, 0.5) is 0 Å². The number of rotatable bonds is 4. The van der Waals surface area contributed by atoms with E-state index in [0.29, 0.717) is 36.2 Å². The van der Waals surface area contributed by atoms with E-state index < -0.39 is 12.0 Å². The van der Waals surface area contributed by atoms with Crippen LogP contribution in [0.1, 0.15) is 24.1 Å². The van der Waals surface area contributed by atoms with Gasteiger partial charge in [-0.1, -0.05) is 83.1 Å². The lowest BCUT2D eigenvalue weighted by atomic mass is 10.0. The van der Waals surface area contributed by atoms with Gasteiger partial charge in [-0.15, -0.1) is 0 Å². The van der Waals surface area contributed by atoms with E-state index in [1.165, 1.54) is 23.0 Å². The molecule has 0 saturated heterocycles. The van der Waals surface area contributed by atoms with Crippen LogP contribution in [-0.4, -0.2) is 17.6 Å². The molecule has 2 heterocycles. The number of allylic oxidation sites excluding steroid dienone is 2. The quantitative estimate of drug-likeness (QED) is 0.516. The third kappa shape index (κ3) is 4.35. The molecule has 5 nitrogen and oxygen atoms in total. The number of hydrogen-bond donors (Lipinski definition) is 0. The van der Waals surface area contributed by atoms with Crippen molar-refractivity contribution in [1.29, 1.82) is 0 Å². The van der Waals surface area contributed by atoms with Gasteiger partial charge in [-0.05, 0) is 36.3 Å². The molecule has 0 radical (unpaired) electrons. The molecule has 1 aliphatic rings. The van der Waals surface area contributed by atoms with Crippen molar-refractivity contribution in [3.8, 4) is 0 Å². The van der Waals surface area contributed by atoms with Crippen LogP contribution in [0, 0.1) is 0 Å². The van der Waals surface area contributed by atoms with Crippen molar-refractivity contribution in [3.63, 3.8) is 0 Å². The minimum Gasteiger partial charge on any atom is -0.466 e. The number of methoxy groups -OCH3 is 1. The topological polar surface area (TPSA) is 60.7 Å². The second-order valence-electron chi connectivity index (χ2n) is 7.05. The molecule has 1 aromatic heterocycles. The minimum atomic E-state index is -0.651. The third-order valence-electron chi connectivity index (χ3n) is 4.99. The standard InChI is InChI=1S/C24H18Cl2N2O3S/c1-14-21(23(30)31-2)19(11-8-15-6-4-3-5-7-15)28-22(29)20(32-24(28)27-14)12-16-9-10-17(25)13-18(16)26/h3-13,19H,1-2H3/b11-8-,20-12+. The van der Waals surface area contributed by atoms with E-state index in [2.05, 4.69) is 4.99 Å². The van der Waals surface area contributed by atoms with Gasteiger partial charge in [0.2, 0.25) is 0 Å². The second-order valence-corrected chi connectivity index (χ2v) is 8.90. The summed E-state index contributed by atoms with van der Waals surface area (Å²) in [6.07, 6.45) is 5.40. The number of ether oxygens (including phenoxy) is 1. The highest BCUT2D eigenvalue weighted by atomic mass is 35.5. The molecule has 1 unspecified atom stereocenters. The van der Waals surface area contributed by atoms with Crippen molar-refractivity contribution in [2.75, 3.05) is 7.11 Å². The van der Waals surface area contributed by atoms with Crippen LogP contribution in [0.25, 0.3) is 12.2 Å². The van der Waals surface area contributed by atoms with E-state index in [9.17, 15) is 9.59 Å². The Kier molecular flexibility index (Phi) is 6.46. The Labute approximate surface area is 198 Å². The normalized spacial score (nSPS) is 16.2. The number of aromatic nitrogens is 1. The molecule has 1 aliphatic heterocycles. The van der Waals surface area contributed by atoms with Gasteiger partial charge in [-0.2, -0.15) is 0 Å². The number of thiazole rings is 1. The van der Waals surface area contributed by atoms with Crippen LogP contribution in [0.2, 0.25) is 10.0 Å². The highest BCUT2D eigenvalue weighted by Crippen LogP contribution is 2.26. The number of halogens is 2. The van der Waals surface area contributed by atoms with Crippen LogP contribution < -0.4 is 14.9 Å². The summed E-state index contributed by atoms with van der Waals surface area (Å²) in [6.45, 7) is 1.74. The molecule has 1 atom stereocenters. The fourth-order valence-corrected chi connectivity index (χ4v) is 4.95. The van der Waals surface area contributed by atoms with Crippen LogP contribution in [0.15, 0.2) is 75.7 Å². The Morgan fingerprint density at radius 1 is 1.19 bits per heavy atom. The average molecular weight is 485 g/mol. The number of hydrogen-bond acceptors (Lipinski definition) is 5. The highest BCUT2D eigenvalue weighted by molar-refractivity contribution is 7.07. The number of fused-ring (bicyclic) bond motifs is 1. The maximum Gasteiger partial charge on any atom is 0.338 e. The molecule has 0 bridgehead atoms. The van der Waals surface area contributed by atoms with Crippen molar-refractivity contribution in [2.45, 2.75) is 13.0 Å². The second kappa shape index (κ2) is 9.28. The molecule has 0 saturated carbocycles. The van der Waals surface area contributed by atoms with Gasteiger partial charge in [0.1, 0.15) is 0 Å². The lowest BCUT2D eigenvalue weighted by Crippen LogP contribution is -2.38. The van der Waals surface area contributed by atoms with Crippen LogP contribution in [0.5, 0.6) is 0 Å². The zero-order valence-electron chi connectivity index (χ0n) is 17.2. The van der Waals surface area contributed by atoms with Gasteiger partial charge in [-0.3, -0.25) is 9.36 Å². The molecule has 0 aliphatic carbocycles. The molecule has 162 valence electrons. The van der Waals surface area contributed by atoms with Crippen molar-refractivity contribution in [2.24, 2.45) is 4.99 Å². The smallest absolute Gasteiger partial charge is 0.338 e. The van der Waals surface area contributed by atoms with Crippen molar-refractivity contribution < 1.29 is 9.53 Å². The summed E-state index contributed by atoms with van der Waals surface area (Å²) in [5.41, 5.74) is 2.18. The number of nitrogens with zero attached hydrogens (tertiary/aromatic N) is 2. The summed E-state index contributed by atoms with van der Waals surface area (Å²) in [5.74, 6) is -0.524. The highest BCUT2D eigenvalue weighted by Gasteiger charge is 2.30. The molecule has 0 N–H and O–H groups in total. The number of carbonyl (C=O) groups excluding carboxylic acids is 1. The Morgan fingerprint density at radius 3 is 2.62 bits per heavy atom. The Balaban J connectivity index is 1.90. The van der Waals surface area contributed by atoms with Crippen molar-refractivity contribution in [3.05, 3.63) is 107 Å². The molecular weight excluding hydrogens is 467 g/mol. The summed E-state index contributed by atoms with van der Waals surface area (Å²) >= 11 is 13.5. The largest absolute Gasteiger partial charge is 0.466 e. The SMILES string of the molecule is COC(=O)C1=C(C)N=c2s/c(=C/c3ccc(Cl)cc3Cl)c(=O)n2C1/C=C\c1ccccc1.